The predicted molar refractivity (Wildman–Crippen MR) is 230 cm³/mol. The molecule has 0 aromatic rings. The average Bonchev–Trinajstić information content (AvgIpc) is 3.58. The Hall–Kier alpha value is -2.42. The average molecular weight is 818 g/mol. The maximum Gasteiger partial charge on any atom is 0.309 e. The Kier molecular flexibility index (Phi) is 10.7. The summed E-state index contributed by atoms with van der Waals surface area (Å²) in [6, 6.07) is 0.0145. The highest BCUT2D eigenvalue weighted by Gasteiger charge is 2.69. The number of aliphatic carboxylic acids is 1. The number of nitrogens with zero attached hydrogens (tertiary/aromatic N) is 2. The van der Waals surface area contributed by atoms with Gasteiger partial charge in [0.1, 0.15) is 6.10 Å². The maximum absolute atomic E-state index is 15.0. The zero-order valence-electron chi connectivity index (χ0n) is 38.5. The molecule has 8 fully saturated rings. The van der Waals surface area contributed by atoms with Crippen LogP contribution >= 0.6 is 0 Å². The van der Waals surface area contributed by atoms with Crippen LogP contribution in [0, 0.1) is 85.8 Å². The summed E-state index contributed by atoms with van der Waals surface area (Å²) in [5, 5.41) is 13.3. The normalized spacial score (nSPS) is 45.5. The molecule has 0 aromatic heterocycles. The van der Waals surface area contributed by atoms with Crippen molar-refractivity contribution in [3.8, 4) is 0 Å². The molecule has 9 nitrogen and oxygen atoms in total. The first-order chi connectivity index (χ1) is 27.6. The van der Waals surface area contributed by atoms with Gasteiger partial charge >= 0.3 is 11.9 Å². The van der Waals surface area contributed by atoms with Crippen molar-refractivity contribution in [1.82, 2.24) is 15.1 Å². The highest BCUT2D eigenvalue weighted by Crippen LogP contribution is 2.74. The van der Waals surface area contributed by atoms with Crippen LogP contribution in [0.25, 0.3) is 0 Å². The van der Waals surface area contributed by atoms with Crippen LogP contribution in [0.15, 0.2) is 12.2 Å². The summed E-state index contributed by atoms with van der Waals surface area (Å²) < 4.78 is 6.44. The summed E-state index contributed by atoms with van der Waals surface area (Å²) >= 11 is 0. The number of hydrogen-bond donors (Lipinski definition) is 2. The number of rotatable bonds is 8. The van der Waals surface area contributed by atoms with Crippen LogP contribution in [-0.4, -0.2) is 83.5 Å². The fraction of sp³-hybridized carbons (Fsp3) is 0.880. The Labute approximate surface area is 356 Å². The van der Waals surface area contributed by atoms with E-state index in [0.717, 1.165) is 90.5 Å². The highest BCUT2D eigenvalue weighted by molar-refractivity contribution is 5.86. The number of carbonyl (C=O) groups excluding carboxylic acids is 3. The Morgan fingerprint density at radius 3 is 2.00 bits per heavy atom. The number of fused-ring (bicyclic) bond motifs is 7. The van der Waals surface area contributed by atoms with E-state index in [1.165, 1.54) is 18.4 Å². The monoisotopic (exact) mass is 818 g/mol. The van der Waals surface area contributed by atoms with E-state index in [1.807, 2.05) is 13.8 Å². The third-order valence-corrected chi connectivity index (χ3v) is 20.7. The minimum absolute atomic E-state index is 0.0145. The van der Waals surface area contributed by atoms with Gasteiger partial charge in [0.2, 0.25) is 11.8 Å². The molecule has 8 rings (SSSR count). The largest absolute Gasteiger partial charge is 0.481 e. The van der Waals surface area contributed by atoms with E-state index in [1.54, 1.807) is 0 Å². The minimum Gasteiger partial charge on any atom is -0.481 e. The Bertz CT molecular complexity index is 1730. The van der Waals surface area contributed by atoms with Gasteiger partial charge in [-0.1, -0.05) is 74.5 Å². The van der Waals surface area contributed by atoms with Crippen molar-refractivity contribution in [1.29, 1.82) is 0 Å². The molecule has 0 radical (unpaired) electrons. The van der Waals surface area contributed by atoms with Crippen LogP contribution in [0.1, 0.15) is 146 Å². The molecule has 330 valence electrons. The van der Waals surface area contributed by atoms with Gasteiger partial charge in [0.15, 0.2) is 0 Å². The van der Waals surface area contributed by atoms with Gasteiger partial charge in [0, 0.05) is 43.6 Å². The molecule has 0 spiro atoms. The second kappa shape index (κ2) is 14.6. The summed E-state index contributed by atoms with van der Waals surface area (Å²) in [4.78, 5) is 58.7. The van der Waals surface area contributed by atoms with E-state index in [2.05, 4.69) is 77.1 Å². The zero-order chi connectivity index (χ0) is 42.8. The number of carboxylic acid groups (broad SMARTS) is 1. The van der Waals surface area contributed by atoms with Gasteiger partial charge in [-0.3, -0.25) is 19.2 Å². The first kappa shape index (κ1) is 43.2. The van der Waals surface area contributed by atoms with Crippen LogP contribution in [0.5, 0.6) is 0 Å². The Morgan fingerprint density at radius 1 is 0.729 bits per heavy atom. The van der Waals surface area contributed by atoms with Crippen molar-refractivity contribution >= 4 is 23.8 Å². The molecule has 1 aliphatic heterocycles. The molecule has 2 amide bonds. The topological polar surface area (TPSA) is 116 Å². The van der Waals surface area contributed by atoms with Gasteiger partial charge in [-0.2, -0.15) is 0 Å². The van der Waals surface area contributed by atoms with Crippen molar-refractivity contribution in [2.75, 3.05) is 32.7 Å². The van der Waals surface area contributed by atoms with Crippen LogP contribution < -0.4 is 5.32 Å². The van der Waals surface area contributed by atoms with E-state index in [-0.39, 0.29) is 68.8 Å². The number of piperazine rings is 1. The fourth-order valence-corrected chi connectivity index (χ4v) is 16.8. The molecule has 7 aliphatic carbocycles. The fourth-order valence-electron chi connectivity index (χ4n) is 16.8. The molecule has 1 saturated heterocycles. The molecule has 14 unspecified atom stereocenters. The quantitative estimate of drug-likeness (QED) is 0.186. The van der Waals surface area contributed by atoms with Crippen molar-refractivity contribution in [3.63, 3.8) is 0 Å². The molecule has 14 atom stereocenters. The van der Waals surface area contributed by atoms with Crippen LogP contribution in [0.4, 0.5) is 0 Å². The number of esters is 1. The minimum atomic E-state index is -0.820. The molecule has 1 heterocycles. The standard InChI is InChI=1S/C50H79N3O6/c1-12-52-23-25-53(26-24-52)41(54)33-28-38(46(33,6)7)51-44(58)50-21-15-30(29(2)3)40(50)31-13-14-37-48(10,32(31)16-22-50)19-17-36-47(8,9)39(18-20-49(36,37)11)59-43(57)35-27-34(42(55)56)45(35,4)5/h30-40H,2,12-28H2,1,3-11H3,(H,51,58)(H,55,56). The van der Waals surface area contributed by atoms with Gasteiger partial charge in [-0.15, -0.1) is 0 Å². The maximum atomic E-state index is 15.0. The van der Waals surface area contributed by atoms with Crippen molar-refractivity contribution in [3.05, 3.63) is 12.2 Å². The number of hydrogen-bond acceptors (Lipinski definition) is 6. The number of ether oxygens (including phenoxy) is 1. The van der Waals surface area contributed by atoms with Crippen LogP contribution in [0.3, 0.4) is 0 Å². The molecule has 8 aliphatic rings. The number of carbonyl (C=O) groups is 4. The van der Waals surface area contributed by atoms with E-state index in [9.17, 15) is 19.5 Å². The number of likely N-dealkylation sites (N-methyl/N-ethyl adjacent to an activating group) is 1. The zero-order valence-corrected chi connectivity index (χ0v) is 38.5. The number of allylic oxidation sites excluding steroid dienone is 1. The second-order valence-corrected chi connectivity index (χ2v) is 23.9. The third kappa shape index (κ3) is 6.34. The van der Waals surface area contributed by atoms with Gasteiger partial charge in [0.25, 0.3) is 0 Å². The molecular formula is C50H79N3O6. The molecule has 0 aromatic carbocycles. The first-order valence-electron chi connectivity index (χ1n) is 24.0. The summed E-state index contributed by atoms with van der Waals surface area (Å²) in [6.45, 7) is 31.5. The Morgan fingerprint density at radius 2 is 1.39 bits per heavy atom. The molecule has 59 heavy (non-hydrogen) atoms. The highest BCUT2D eigenvalue weighted by atomic mass is 16.5. The van der Waals surface area contributed by atoms with Crippen LogP contribution in [-0.2, 0) is 23.9 Å². The first-order valence-corrected chi connectivity index (χ1v) is 24.0. The van der Waals surface area contributed by atoms with Crippen molar-refractivity contribution in [2.24, 2.45) is 85.8 Å². The summed E-state index contributed by atoms with van der Waals surface area (Å²) in [5.74, 6) is 1.34. The summed E-state index contributed by atoms with van der Waals surface area (Å²) in [6.07, 6.45) is 11.5. The number of amides is 2. The van der Waals surface area contributed by atoms with Gasteiger partial charge < -0.3 is 25.0 Å². The van der Waals surface area contributed by atoms with Gasteiger partial charge in [-0.05, 0) is 148 Å². The van der Waals surface area contributed by atoms with E-state index in [4.69, 9.17) is 4.74 Å². The molecule has 2 N–H and O–H groups in total. The van der Waals surface area contributed by atoms with E-state index >= 15 is 4.79 Å². The lowest BCUT2D eigenvalue weighted by Gasteiger charge is -2.69. The molecule has 7 saturated carbocycles. The third-order valence-electron chi connectivity index (χ3n) is 20.7. The smallest absolute Gasteiger partial charge is 0.309 e. The van der Waals surface area contributed by atoms with E-state index < -0.39 is 17.3 Å². The van der Waals surface area contributed by atoms with Crippen molar-refractivity contribution < 1.29 is 29.0 Å². The molecule has 9 heteroatoms. The van der Waals surface area contributed by atoms with Gasteiger partial charge in [0.05, 0.1) is 17.3 Å². The number of carboxylic acids is 1. The number of nitrogens with one attached hydrogen (secondary N) is 1. The lowest BCUT2D eigenvalue weighted by molar-refractivity contribution is -0.227. The summed E-state index contributed by atoms with van der Waals surface area (Å²) in [5.41, 5.74) is 0.143. The summed E-state index contributed by atoms with van der Waals surface area (Å²) in [7, 11) is 0. The second-order valence-electron chi connectivity index (χ2n) is 23.9. The van der Waals surface area contributed by atoms with Crippen LogP contribution in [0.2, 0.25) is 0 Å². The van der Waals surface area contributed by atoms with Gasteiger partial charge in [-0.25, -0.2) is 0 Å². The molecule has 0 bridgehead atoms. The lowest BCUT2D eigenvalue weighted by Crippen LogP contribution is -2.67. The SMILES string of the molecule is C=C(C)C1CCC2(C(=O)NC3CC(C(=O)N4CCN(CC)CC4)C3(C)C)CCC3C(CCC4C3(C)CCC3C(C)(C)C(OC(=O)C5CC(C(=O)O)C5(C)C)CCC34C)C12. The van der Waals surface area contributed by atoms with Crippen molar-refractivity contribution in [2.45, 2.75) is 158 Å². The molecular weight excluding hydrogens is 739 g/mol. The Balaban J connectivity index is 0.965. The lowest BCUT2D eigenvalue weighted by atomic mass is 9.36. The van der Waals surface area contributed by atoms with E-state index in [0.29, 0.717) is 41.9 Å². The predicted octanol–water partition coefficient (Wildman–Crippen LogP) is 8.61.